The molecule has 4 nitrogen and oxygen atoms in total. The lowest BCUT2D eigenvalue weighted by Crippen LogP contribution is -2.32. The minimum absolute atomic E-state index is 0.0341. The number of halogens is 1. The molecule has 1 aliphatic rings. The topological polar surface area (TPSA) is 42.3 Å². The number of fused-ring (bicyclic) bond motifs is 1. The van der Waals surface area contributed by atoms with Gasteiger partial charge in [0.15, 0.2) is 0 Å². The third-order valence-electron chi connectivity index (χ3n) is 4.64. The summed E-state index contributed by atoms with van der Waals surface area (Å²) in [4.78, 5) is 26.5. The minimum atomic E-state index is -0.301. The first-order chi connectivity index (χ1) is 11.2. The van der Waals surface area contributed by atoms with Crippen LogP contribution in [0.2, 0.25) is 0 Å². The van der Waals surface area contributed by atoms with Gasteiger partial charge >= 0.3 is 0 Å². The van der Waals surface area contributed by atoms with Crippen molar-refractivity contribution in [1.82, 2.24) is 4.57 Å². The lowest BCUT2D eigenvalue weighted by Gasteiger charge is -2.20. The van der Waals surface area contributed by atoms with E-state index in [2.05, 4.69) is 0 Å². The van der Waals surface area contributed by atoms with Crippen LogP contribution in [0.4, 0.5) is 10.1 Å². The third-order valence-corrected chi connectivity index (χ3v) is 4.64. The van der Waals surface area contributed by atoms with Gasteiger partial charge in [-0.25, -0.2) is 4.39 Å². The number of benzene rings is 1. The van der Waals surface area contributed by atoms with Gasteiger partial charge < -0.3 is 9.47 Å². The van der Waals surface area contributed by atoms with Crippen molar-refractivity contribution in [1.29, 1.82) is 0 Å². The molecule has 0 N–H and O–H groups in total. The highest BCUT2D eigenvalue weighted by molar-refractivity contribution is 5.94. The summed E-state index contributed by atoms with van der Waals surface area (Å²) in [6, 6.07) is 7.94. The molecule has 0 aliphatic carbocycles. The van der Waals surface area contributed by atoms with Crippen LogP contribution in [0.15, 0.2) is 35.1 Å². The Balaban J connectivity index is 2.12. The maximum absolute atomic E-state index is 13.1. The van der Waals surface area contributed by atoms with Crippen molar-refractivity contribution in [3.63, 3.8) is 0 Å². The highest BCUT2D eigenvalue weighted by atomic mass is 19.1. The van der Waals surface area contributed by atoms with Gasteiger partial charge in [-0.3, -0.25) is 9.59 Å². The average molecular weight is 328 g/mol. The van der Waals surface area contributed by atoms with Crippen LogP contribution in [0.5, 0.6) is 0 Å². The van der Waals surface area contributed by atoms with E-state index in [9.17, 15) is 14.0 Å². The van der Waals surface area contributed by atoms with E-state index in [-0.39, 0.29) is 22.7 Å². The first-order valence-electron chi connectivity index (χ1n) is 7.96. The molecular formula is C19H21FN2O2. The van der Waals surface area contributed by atoms with Crippen LogP contribution < -0.4 is 10.5 Å². The number of hydrogen-bond acceptors (Lipinski definition) is 2. The maximum atomic E-state index is 13.1. The first-order valence-corrected chi connectivity index (χ1v) is 7.96. The number of nitrogens with zero attached hydrogens (tertiary/aromatic N) is 2. The SMILES string of the molecule is CC(=O)N1CC(C)(C)c2c1cc(Cc1ccc(F)cc1)c(=O)n2C. The average Bonchev–Trinajstić information content (AvgIpc) is 2.78. The van der Waals surface area contributed by atoms with Crippen LogP contribution in [-0.2, 0) is 23.7 Å². The van der Waals surface area contributed by atoms with Crippen LogP contribution >= 0.6 is 0 Å². The third kappa shape index (κ3) is 2.64. The molecule has 1 aromatic carbocycles. The number of hydrogen-bond donors (Lipinski definition) is 0. The van der Waals surface area contributed by atoms with Gasteiger partial charge in [0.05, 0.1) is 11.4 Å². The fourth-order valence-corrected chi connectivity index (χ4v) is 3.58. The molecule has 0 atom stereocenters. The molecule has 0 bridgehead atoms. The van der Waals surface area contributed by atoms with E-state index < -0.39 is 0 Å². The zero-order chi connectivity index (χ0) is 17.6. The summed E-state index contributed by atoms with van der Waals surface area (Å²) in [5.41, 5.74) is 2.80. The van der Waals surface area contributed by atoms with Gasteiger partial charge in [0.25, 0.3) is 5.56 Å². The number of amides is 1. The number of carbonyl (C=O) groups is 1. The Kier molecular flexibility index (Phi) is 3.82. The van der Waals surface area contributed by atoms with E-state index in [1.807, 2.05) is 19.9 Å². The van der Waals surface area contributed by atoms with Gasteiger partial charge in [0.1, 0.15) is 5.82 Å². The van der Waals surface area contributed by atoms with Crippen LogP contribution in [0, 0.1) is 5.82 Å². The number of anilines is 1. The number of carbonyl (C=O) groups excluding carboxylic acids is 1. The van der Waals surface area contributed by atoms with Crippen LogP contribution in [-0.4, -0.2) is 17.0 Å². The summed E-state index contributed by atoms with van der Waals surface area (Å²) in [6.45, 7) is 6.17. The molecule has 1 aromatic heterocycles. The predicted octanol–water partition coefficient (Wildman–Crippen LogP) is 2.76. The highest BCUT2D eigenvalue weighted by Gasteiger charge is 2.39. The van der Waals surface area contributed by atoms with Gasteiger partial charge in [-0.05, 0) is 23.8 Å². The van der Waals surface area contributed by atoms with Crippen LogP contribution in [0.3, 0.4) is 0 Å². The largest absolute Gasteiger partial charge is 0.313 e. The van der Waals surface area contributed by atoms with E-state index in [1.54, 1.807) is 28.6 Å². The summed E-state index contributed by atoms with van der Waals surface area (Å²) in [5.74, 6) is -0.335. The van der Waals surface area contributed by atoms with Crippen molar-refractivity contribution >= 4 is 11.6 Å². The van der Waals surface area contributed by atoms with Crippen molar-refractivity contribution in [3.05, 3.63) is 63.3 Å². The van der Waals surface area contributed by atoms with E-state index in [1.165, 1.54) is 19.1 Å². The quantitative estimate of drug-likeness (QED) is 0.851. The van der Waals surface area contributed by atoms with Gasteiger partial charge in [-0.2, -0.15) is 0 Å². The fraction of sp³-hybridized carbons (Fsp3) is 0.368. The zero-order valence-electron chi connectivity index (χ0n) is 14.4. The van der Waals surface area contributed by atoms with E-state index in [0.29, 0.717) is 18.5 Å². The van der Waals surface area contributed by atoms with E-state index in [4.69, 9.17) is 0 Å². The second-order valence-electron chi connectivity index (χ2n) is 7.06. The molecule has 1 aliphatic heterocycles. The van der Waals surface area contributed by atoms with Gasteiger partial charge in [-0.1, -0.05) is 26.0 Å². The first kappa shape index (κ1) is 16.4. The number of rotatable bonds is 2. The summed E-state index contributed by atoms with van der Waals surface area (Å²) < 4.78 is 14.7. The molecule has 2 aromatic rings. The minimum Gasteiger partial charge on any atom is -0.313 e. The molecule has 0 unspecified atom stereocenters. The van der Waals surface area contributed by atoms with Crippen molar-refractivity contribution in [2.45, 2.75) is 32.6 Å². The van der Waals surface area contributed by atoms with Crippen molar-refractivity contribution in [2.75, 3.05) is 11.4 Å². The molecule has 0 saturated heterocycles. The molecule has 126 valence electrons. The van der Waals surface area contributed by atoms with Gasteiger partial charge in [0, 0.05) is 37.9 Å². The Labute approximate surface area is 140 Å². The molecule has 3 rings (SSSR count). The standard InChI is InChI=1S/C19H21FN2O2/c1-12(23)22-11-19(2,3)17-16(22)10-14(18(24)21(17)4)9-13-5-7-15(20)8-6-13/h5-8,10H,9,11H2,1-4H3. The van der Waals surface area contributed by atoms with Crippen LogP contribution in [0.25, 0.3) is 0 Å². The molecule has 0 spiro atoms. The number of aromatic nitrogens is 1. The Hall–Kier alpha value is -2.43. The smallest absolute Gasteiger partial charge is 0.254 e. The molecule has 2 heterocycles. The number of pyridine rings is 1. The van der Waals surface area contributed by atoms with E-state index >= 15 is 0 Å². The van der Waals surface area contributed by atoms with E-state index in [0.717, 1.165) is 16.9 Å². The Morgan fingerprint density at radius 1 is 1.25 bits per heavy atom. The predicted molar refractivity (Wildman–Crippen MR) is 91.9 cm³/mol. The fourth-order valence-electron chi connectivity index (χ4n) is 3.58. The lowest BCUT2D eigenvalue weighted by molar-refractivity contribution is -0.116. The Morgan fingerprint density at radius 3 is 2.46 bits per heavy atom. The molecular weight excluding hydrogens is 307 g/mol. The summed E-state index contributed by atoms with van der Waals surface area (Å²) >= 11 is 0. The maximum Gasteiger partial charge on any atom is 0.254 e. The van der Waals surface area contributed by atoms with Gasteiger partial charge in [-0.15, -0.1) is 0 Å². The van der Waals surface area contributed by atoms with Crippen molar-refractivity contribution in [3.8, 4) is 0 Å². The normalized spacial score (nSPS) is 15.5. The molecule has 5 heteroatoms. The molecule has 1 amide bonds. The second-order valence-corrected chi connectivity index (χ2v) is 7.06. The van der Waals surface area contributed by atoms with Crippen molar-refractivity contribution in [2.24, 2.45) is 7.05 Å². The summed E-state index contributed by atoms with van der Waals surface area (Å²) in [5, 5.41) is 0. The Morgan fingerprint density at radius 2 is 1.88 bits per heavy atom. The van der Waals surface area contributed by atoms with Crippen LogP contribution in [0.1, 0.15) is 37.6 Å². The lowest BCUT2D eigenvalue weighted by atomic mass is 9.90. The Bertz CT molecular complexity index is 866. The molecule has 24 heavy (non-hydrogen) atoms. The highest BCUT2D eigenvalue weighted by Crippen LogP contribution is 2.39. The molecule has 0 fully saturated rings. The summed E-state index contributed by atoms with van der Waals surface area (Å²) in [6.07, 6.45) is 0.409. The zero-order valence-corrected chi connectivity index (χ0v) is 14.4. The van der Waals surface area contributed by atoms with Gasteiger partial charge in [0.2, 0.25) is 5.91 Å². The monoisotopic (exact) mass is 328 g/mol. The van der Waals surface area contributed by atoms with Crippen molar-refractivity contribution < 1.29 is 9.18 Å². The summed E-state index contributed by atoms with van der Waals surface area (Å²) in [7, 11) is 1.75. The second kappa shape index (κ2) is 5.58. The molecule has 0 saturated carbocycles. The molecule has 0 radical (unpaired) electrons.